The van der Waals surface area contributed by atoms with Crippen LogP contribution in [0.4, 0.5) is 0 Å². The molecule has 0 bridgehead atoms. The number of aromatic nitrogens is 1. The van der Waals surface area contributed by atoms with Gasteiger partial charge >= 0.3 is 0 Å². The van der Waals surface area contributed by atoms with Crippen molar-refractivity contribution in [1.82, 2.24) is 10.3 Å². The van der Waals surface area contributed by atoms with Gasteiger partial charge in [-0.3, -0.25) is 4.79 Å². The van der Waals surface area contributed by atoms with E-state index in [9.17, 15) is 4.79 Å². The minimum Gasteiger partial charge on any atom is -0.356 e. The fourth-order valence-electron chi connectivity index (χ4n) is 1.87. The van der Waals surface area contributed by atoms with E-state index in [2.05, 4.69) is 29.4 Å². The van der Waals surface area contributed by atoms with E-state index in [4.69, 9.17) is 0 Å². The van der Waals surface area contributed by atoms with Gasteiger partial charge in [0, 0.05) is 23.9 Å². The molecule has 0 unspecified atom stereocenters. The maximum Gasteiger partial charge on any atom is 0.220 e. The molecule has 106 valence electrons. The quantitative estimate of drug-likeness (QED) is 0.790. The number of aryl methyl sites for hydroxylation is 1. The standard InChI is InChI=1S/C16H20N2OS/c1-2-3-11-17-15(19)10-9-14-12-20-16(18-14)13-7-5-4-6-8-13/h4-8,12H,2-3,9-11H2,1H3,(H,17,19). The molecule has 20 heavy (non-hydrogen) atoms. The maximum absolute atomic E-state index is 11.6. The Morgan fingerprint density at radius 2 is 2.10 bits per heavy atom. The van der Waals surface area contributed by atoms with Crippen LogP contribution in [0, 0.1) is 0 Å². The summed E-state index contributed by atoms with van der Waals surface area (Å²) < 4.78 is 0. The van der Waals surface area contributed by atoms with Crippen molar-refractivity contribution in [2.45, 2.75) is 32.6 Å². The fraction of sp³-hybridized carbons (Fsp3) is 0.375. The van der Waals surface area contributed by atoms with Gasteiger partial charge in [0.05, 0.1) is 5.69 Å². The number of nitrogens with one attached hydrogen (secondary N) is 1. The summed E-state index contributed by atoms with van der Waals surface area (Å²) in [4.78, 5) is 16.2. The average Bonchev–Trinajstić information content (AvgIpc) is 2.95. The molecule has 0 atom stereocenters. The lowest BCUT2D eigenvalue weighted by Gasteiger charge is -2.02. The normalized spacial score (nSPS) is 10.4. The zero-order valence-electron chi connectivity index (χ0n) is 11.8. The molecule has 4 heteroatoms. The number of rotatable bonds is 7. The highest BCUT2D eigenvalue weighted by Crippen LogP contribution is 2.23. The van der Waals surface area contributed by atoms with E-state index in [0.29, 0.717) is 12.8 Å². The van der Waals surface area contributed by atoms with Crippen LogP contribution in [0.5, 0.6) is 0 Å². The first kappa shape index (κ1) is 14.7. The van der Waals surface area contributed by atoms with Gasteiger partial charge in [0.25, 0.3) is 0 Å². The third-order valence-electron chi connectivity index (χ3n) is 3.03. The third-order valence-corrected chi connectivity index (χ3v) is 3.97. The first-order valence-electron chi connectivity index (χ1n) is 7.06. The summed E-state index contributed by atoms with van der Waals surface area (Å²) in [5.41, 5.74) is 2.13. The molecular weight excluding hydrogens is 268 g/mol. The van der Waals surface area contributed by atoms with Crippen molar-refractivity contribution in [2.24, 2.45) is 0 Å². The van der Waals surface area contributed by atoms with E-state index >= 15 is 0 Å². The minimum atomic E-state index is 0.118. The van der Waals surface area contributed by atoms with Crippen LogP contribution in [0.3, 0.4) is 0 Å². The van der Waals surface area contributed by atoms with E-state index in [1.54, 1.807) is 11.3 Å². The number of hydrogen-bond donors (Lipinski definition) is 1. The van der Waals surface area contributed by atoms with Crippen molar-refractivity contribution >= 4 is 17.2 Å². The summed E-state index contributed by atoms with van der Waals surface area (Å²) in [5, 5.41) is 5.99. The first-order valence-corrected chi connectivity index (χ1v) is 7.94. The van der Waals surface area contributed by atoms with Gasteiger partial charge in [0.2, 0.25) is 5.91 Å². The molecule has 1 heterocycles. The SMILES string of the molecule is CCCCNC(=O)CCc1csc(-c2ccccc2)n1. The molecule has 0 fully saturated rings. The summed E-state index contributed by atoms with van der Waals surface area (Å²) in [7, 11) is 0. The molecule has 0 aliphatic rings. The van der Waals surface area contributed by atoms with Crippen molar-refractivity contribution in [3.8, 4) is 10.6 Å². The van der Waals surface area contributed by atoms with Crippen LogP contribution >= 0.6 is 11.3 Å². The Kier molecular flexibility index (Phi) is 5.74. The van der Waals surface area contributed by atoms with Gasteiger partial charge in [0.15, 0.2) is 0 Å². The highest BCUT2D eigenvalue weighted by atomic mass is 32.1. The van der Waals surface area contributed by atoms with Crippen molar-refractivity contribution in [1.29, 1.82) is 0 Å². The molecule has 0 spiro atoms. The molecule has 2 aromatic rings. The molecule has 1 amide bonds. The number of benzene rings is 1. The second-order valence-corrected chi connectivity index (χ2v) is 5.57. The Morgan fingerprint density at radius 3 is 2.85 bits per heavy atom. The third kappa shape index (κ3) is 4.46. The fourth-order valence-corrected chi connectivity index (χ4v) is 2.73. The lowest BCUT2D eigenvalue weighted by atomic mass is 10.2. The van der Waals surface area contributed by atoms with Crippen LogP contribution in [0.2, 0.25) is 0 Å². The summed E-state index contributed by atoms with van der Waals surface area (Å²) in [5.74, 6) is 0.118. The van der Waals surface area contributed by atoms with Gasteiger partial charge in [-0.05, 0) is 12.8 Å². The number of carbonyl (C=O) groups excluding carboxylic acids is 1. The molecule has 1 N–H and O–H groups in total. The minimum absolute atomic E-state index is 0.118. The molecule has 0 saturated carbocycles. The number of amides is 1. The van der Waals surface area contributed by atoms with Crippen LogP contribution in [-0.4, -0.2) is 17.4 Å². The molecule has 0 radical (unpaired) electrons. The van der Waals surface area contributed by atoms with Crippen LogP contribution in [-0.2, 0) is 11.2 Å². The molecule has 0 aliphatic heterocycles. The highest BCUT2D eigenvalue weighted by molar-refractivity contribution is 7.13. The number of unbranched alkanes of at least 4 members (excludes halogenated alkanes) is 1. The number of nitrogens with zero attached hydrogens (tertiary/aromatic N) is 1. The Balaban J connectivity index is 1.83. The van der Waals surface area contributed by atoms with Crippen LogP contribution in [0.1, 0.15) is 31.9 Å². The van der Waals surface area contributed by atoms with Crippen LogP contribution < -0.4 is 5.32 Å². The molecule has 3 nitrogen and oxygen atoms in total. The van der Waals surface area contributed by atoms with Crippen molar-refractivity contribution in [2.75, 3.05) is 6.54 Å². The zero-order chi connectivity index (χ0) is 14.2. The molecule has 0 saturated heterocycles. The Labute approximate surface area is 124 Å². The Bertz CT molecular complexity index is 536. The Morgan fingerprint density at radius 1 is 1.30 bits per heavy atom. The summed E-state index contributed by atoms with van der Waals surface area (Å²) >= 11 is 1.63. The lowest BCUT2D eigenvalue weighted by Crippen LogP contribution is -2.24. The summed E-state index contributed by atoms with van der Waals surface area (Å²) in [6, 6.07) is 10.1. The van der Waals surface area contributed by atoms with Gasteiger partial charge in [0.1, 0.15) is 5.01 Å². The maximum atomic E-state index is 11.6. The van der Waals surface area contributed by atoms with Gasteiger partial charge in [-0.1, -0.05) is 43.7 Å². The summed E-state index contributed by atoms with van der Waals surface area (Å²) in [6.45, 7) is 2.90. The predicted octanol–water partition coefficient (Wildman–Crippen LogP) is 3.66. The van der Waals surface area contributed by atoms with Crippen LogP contribution in [0.15, 0.2) is 35.7 Å². The van der Waals surface area contributed by atoms with Crippen LogP contribution in [0.25, 0.3) is 10.6 Å². The first-order chi connectivity index (χ1) is 9.79. The van der Waals surface area contributed by atoms with Gasteiger partial charge in [-0.15, -0.1) is 11.3 Å². The molecule has 1 aromatic heterocycles. The average molecular weight is 288 g/mol. The van der Waals surface area contributed by atoms with E-state index in [1.165, 1.54) is 0 Å². The van der Waals surface area contributed by atoms with E-state index < -0.39 is 0 Å². The van der Waals surface area contributed by atoms with Crippen molar-refractivity contribution in [3.63, 3.8) is 0 Å². The second-order valence-electron chi connectivity index (χ2n) is 4.71. The molecule has 1 aromatic carbocycles. The van der Waals surface area contributed by atoms with Gasteiger partial charge in [-0.2, -0.15) is 0 Å². The largest absolute Gasteiger partial charge is 0.356 e. The van der Waals surface area contributed by atoms with Crippen molar-refractivity contribution < 1.29 is 4.79 Å². The molecule has 0 aliphatic carbocycles. The van der Waals surface area contributed by atoms with E-state index in [1.807, 2.05) is 23.6 Å². The van der Waals surface area contributed by atoms with Crippen molar-refractivity contribution in [3.05, 3.63) is 41.4 Å². The number of thiazole rings is 1. The Hall–Kier alpha value is -1.68. The lowest BCUT2D eigenvalue weighted by molar-refractivity contribution is -0.121. The summed E-state index contributed by atoms with van der Waals surface area (Å²) in [6.07, 6.45) is 3.37. The van der Waals surface area contributed by atoms with E-state index in [-0.39, 0.29) is 5.91 Å². The number of hydrogen-bond acceptors (Lipinski definition) is 3. The second kappa shape index (κ2) is 7.80. The predicted molar refractivity (Wildman–Crippen MR) is 83.8 cm³/mol. The zero-order valence-corrected chi connectivity index (χ0v) is 12.6. The highest BCUT2D eigenvalue weighted by Gasteiger charge is 2.06. The smallest absolute Gasteiger partial charge is 0.220 e. The number of carbonyl (C=O) groups is 1. The monoisotopic (exact) mass is 288 g/mol. The molecular formula is C16H20N2OS. The van der Waals surface area contributed by atoms with Gasteiger partial charge in [-0.25, -0.2) is 4.98 Å². The molecule has 2 rings (SSSR count). The topological polar surface area (TPSA) is 42.0 Å². The van der Waals surface area contributed by atoms with E-state index in [0.717, 1.165) is 35.7 Å². The van der Waals surface area contributed by atoms with Gasteiger partial charge < -0.3 is 5.32 Å².